The minimum Gasteiger partial charge on any atom is -0.463 e. The summed E-state index contributed by atoms with van der Waals surface area (Å²) in [6, 6.07) is 15.1. The van der Waals surface area contributed by atoms with Gasteiger partial charge in [-0.25, -0.2) is 4.98 Å². The molecule has 0 aliphatic rings. The zero-order chi connectivity index (χ0) is 19.0. The number of fused-ring (bicyclic) bond motifs is 1. The molecule has 3 aromatic heterocycles. The second kappa shape index (κ2) is 6.72. The van der Waals surface area contributed by atoms with Gasteiger partial charge in [0.1, 0.15) is 5.69 Å². The quantitative estimate of drug-likeness (QED) is 0.596. The molecule has 0 fully saturated rings. The molecule has 0 spiro atoms. The zero-order valence-electron chi connectivity index (χ0n) is 15.4. The van der Waals surface area contributed by atoms with Crippen LogP contribution < -0.4 is 5.32 Å². The minimum absolute atomic E-state index is 0.119. The largest absolute Gasteiger partial charge is 0.463 e. The Labute approximate surface area is 156 Å². The van der Waals surface area contributed by atoms with E-state index in [0.717, 1.165) is 16.6 Å². The fourth-order valence-corrected chi connectivity index (χ4v) is 3.27. The van der Waals surface area contributed by atoms with E-state index in [2.05, 4.69) is 15.4 Å². The molecule has 1 amide bonds. The summed E-state index contributed by atoms with van der Waals surface area (Å²) in [6.45, 7) is 3.85. The first-order valence-electron chi connectivity index (χ1n) is 8.78. The number of pyridine rings is 1. The molecule has 1 aromatic carbocycles. The van der Waals surface area contributed by atoms with E-state index < -0.39 is 0 Å². The number of aryl methyl sites for hydroxylation is 2. The van der Waals surface area contributed by atoms with Crippen molar-refractivity contribution in [3.05, 3.63) is 71.6 Å². The number of carbonyl (C=O) groups excluding carboxylic acids is 1. The van der Waals surface area contributed by atoms with Crippen LogP contribution in [-0.2, 0) is 7.05 Å². The Morgan fingerprint density at radius 3 is 2.67 bits per heavy atom. The zero-order valence-corrected chi connectivity index (χ0v) is 15.4. The van der Waals surface area contributed by atoms with Gasteiger partial charge in [-0.2, -0.15) is 5.10 Å². The third kappa shape index (κ3) is 3.10. The molecule has 1 unspecified atom stereocenters. The summed E-state index contributed by atoms with van der Waals surface area (Å²) < 4.78 is 7.17. The Balaban J connectivity index is 1.78. The van der Waals surface area contributed by atoms with Crippen LogP contribution >= 0.6 is 0 Å². The van der Waals surface area contributed by atoms with Crippen molar-refractivity contribution in [3.63, 3.8) is 0 Å². The van der Waals surface area contributed by atoms with Gasteiger partial charge in [0.15, 0.2) is 11.4 Å². The highest BCUT2D eigenvalue weighted by molar-refractivity contribution is 6.07. The smallest absolute Gasteiger partial charge is 0.252 e. The van der Waals surface area contributed by atoms with Crippen molar-refractivity contribution in [1.82, 2.24) is 20.1 Å². The van der Waals surface area contributed by atoms with Crippen LogP contribution in [0.2, 0.25) is 0 Å². The molecule has 4 aromatic rings. The van der Waals surface area contributed by atoms with Gasteiger partial charge in [0.05, 0.1) is 28.9 Å². The highest BCUT2D eigenvalue weighted by Crippen LogP contribution is 2.27. The van der Waals surface area contributed by atoms with Crippen molar-refractivity contribution in [2.75, 3.05) is 0 Å². The Morgan fingerprint density at radius 1 is 1.19 bits per heavy atom. The summed E-state index contributed by atoms with van der Waals surface area (Å²) in [6.07, 6.45) is 1.59. The van der Waals surface area contributed by atoms with Gasteiger partial charge >= 0.3 is 0 Å². The maximum absolute atomic E-state index is 13.1. The van der Waals surface area contributed by atoms with Crippen LogP contribution in [0, 0.1) is 6.92 Å². The molecule has 0 bridgehead atoms. The molecule has 1 N–H and O–H groups in total. The summed E-state index contributed by atoms with van der Waals surface area (Å²) >= 11 is 0. The first kappa shape index (κ1) is 17.0. The van der Waals surface area contributed by atoms with Crippen LogP contribution in [0.3, 0.4) is 0 Å². The highest BCUT2D eigenvalue weighted by Gasteiger charge is 2.21. The number of rotatable bonds is 4. The van der Waals surface area contributed by atoms with E-state index in [1.807, 2.05) is 57.3 Å². The molecule has 0 saturated carbocycles. The Morgan fingerprint density at radius 2 is 1.96 bits per heavy atom. The van der Waals surface area contributed by atoms with E-state index in [0.29, 0.717) is 22.7 Å². The lowest BCUT2D eigenvalue weighted by Gasteiger charge is -2.15. The molecular formula is C21H20N4O2. The molecule has 3 heterocycles. The van der Waals surface area contributed by atoms with E-state index >= 15 is 0 Å². The fraction of sp³-hybridized carbons (Fsp3) is 0.190. The summed E-state index contributed by atoms with van der Waals surface area (Å²) in [7, 11) is 1.82. The summed E-state index contributed by atoms with van der Waals surface area (Å²) in [4.78, 5) is 17.8. The third-order valence-corrected chi connectivity index (χ3v) is 4.63. The van der Waals surface area contributed by atoms with Gasteiger partial charge < -0.3 is 9.73 Å². The van der Waals surface area contributed by atoms with Crippen molar-refractivity contribution in [3.8, 4) is 11.5 Å². The predicted octanol–water partition coefficient (Wildman–Crippen LogP) is 4.03. The molecule has 0 radical (unpaired) electrons. The third-order valence-electron chi connectivity index (χ3n) is 4.63. The van der Waals surface area contributed by atoms with Gasteiger partial charge in [0.25, 0.3) is 5.91 Å². The number of benzene rings is 1. The number of nitrogens with one attached hydrogen (secondary N) is 1. The second-order valence-electron chi connectivity index (χ2n) is 6.55. The van der Waals surface area contributed by atoms with E-state index in [4.69, 9.17) is 4.42 Å². The molecule has 6 heteroatoms. The van der Waals surface area contributed by atoms with Gasteiger partial charge in [0.2, 0.25) is 0 Å². The summed E-state index contributed by atoms with van der Waals surface area (Å²) in [5.74, 6) is 0.448. The van der Waals surface area contributed by atoms with Gasteiger partial charge in [-0.3, -0.25) is 9.48 Å². The monoisotopic (exact) mass is 360 g/mol. The highest BCUT2D eigenvalue weighted by atomic mass is 16.3. The van der Waals surface area contributed by atoms with Crippen LogP contribution in [0.25, 0.3) is 22.5 Å². The number of hydrogen-bond donors (Lipinski definition) is 1. The summed E-state index contributed by atoms with van der Waals surface area (Å²) in [5.41, 5.74) is 3.61. The van der Waals surface area contributed by atoms with Crippen molar-refractivity contribution >= 4 is 16.9 Å². The van der Waals surface area contributed by atoms with Gasteiger partial charge in [0, 0.05) is 7.05 Å². The molecule has 4 rings (SSSR count). The summed E-state index contributed by atoms with van der Waals surface area (Å²) in [5, 5.41) is 8.27. The number of hydrogen-bond acceptors (Lipinski definition) is 4. The molecule has 6 nitrogen and oxygen atoms in total. The average molecular weight is 360 g/mol. The maximum atomic E-state index is 13.1. The number of amides is 1. The molecule has 0 saturated heterocycles. The molecule has 136 valence electrons. The van der Waals surface area contributed by atoms with Crippen molar-refractivity contribution in [2.24, 2.45) is 7.05 Å². The SMILES string of the molecule is Cc1nn(C)c2nc(-c3ccco3)cc(C(=O)NC(C)c3ccccc3)c12. The lowest BCUT2D eigenvalue weighted by Crippen LogP contribution is -2.27. The molecule has 27 heavy (non-hydrogen) atoms. The number of aromatic nitrogens is 3. The van der Waals surface area contributed by atoms with Crippen molar-refractivity contribution in [2.45, 2.75) is 19.9 Å². The lowest BCUT2D eigenvalue weighted by atomic mass is 10.1. The molecule has 0 aliphatic carbocycles. The predicted molar refractivity (Wildman–Crippen MR) is 103 cm³/mol. The topological polar surface area (TPSA) is 73.0 Å². The molecule has 1 atom stereocenters. The van der Waals surface area contributed by atoms with E-state index in [9.17, 15) is 4.79 Å². The minimum atomic E-state index is -0.164. The van der Waals surface area contributed by atoms with Crippen LogP contribution in [0.5, 0.6) is 0 Å². The van der Waals surface area contributed by atoms with Crippen LogP contribution in [-0.4, -0.2) is 20.7 Å². The first-order chi connectivity index (χ1) is 13.0. The van der Waals surface area contributed by atoms with Crippen LogP contribution in [0.1, 0.15) is 34.6 Å². The first-order valence-corrected chi connectivity index (χ1v) is 8.78. The van der Waals surface area contributed by atoms with Gasteiger partial charge in [-0.05, 0) is 37.6 Å². The average Bonchev–Trinajstić information content (AvgIpc) is 3.30. The normalized spacial score (nSPS) is 12.3. The number of carbonyl (C=O) groups is 1. The van der Waals surface area contributed by atoms with Crippen LogP contribution in [0.15, 0.2) is 59.2 Å². The van der Waals surface area contributed by atoms with Crippen molar-refractivity contribution in [1.29, 1.82) is 0 Å². The Hall–Kier alpha value is -3.41. The lowest BCUT2D eigenvalue weighted by molar-refractivity contribution is 0.0941. The fourth-order valence-electron chi connectivity index (χ4n) is 3.27. The molecule has 0 aliphatic heterocycles. The van der Waals surface area contributed by atoms with E-state index in [1.54, 1.807) is 23.1 Å². The van der Waals surface area contributed by atoms with Gasteiger partial charge in [-0.15, -0.1) is 0 Å². The van der Waals surface area contributed by atoms with Crippen molar-refractivity contribution < 1.29 is 9.21 Å². The van der Waals surface area contributed by atoms with E-state index in [1.165, 1.54) is 0 Å². The Bertz CT molecular complexity index is 1100. The maximum Gasteiger partial charge on any atom is 0.252 e. The Kier molecular flexibility index (Phi) is 4.24. The number of furan rings is 1. The second-order valence-corrected chi connectivity index (χ2v) is 6.55. The van der Waals surface area contributed by atoms with Crippen LogP contribution in [0.4, 0.5) is 0 Å². The number of nitrogens with zero attached hydrogens (tertiary/aromatic N) is 3. The molecular weight excluding hydrogens is 340 g/mol. The standard InChI is InChI=1S/C21H20N4O2/c1-13(15-8-5-4-6-9-15)22-21(26)16-12-17(18-10-7-11-27-18)23-20-19(16)14(2)24-25(20)3/h4-13H,1-3H3,(H,22,26). The van der Waals surface area contributed by atoms with E-state index in [-0.39, 0.29) is 11.9 Å². The van der Waals surface area contributed by atoms with Gasteiger partial charge in [-0.1, -0.05) is 30.3 Å².